The molecule has 1 heterocycles. The van der Waals surface area contributed by atoms with Gasteiger partial charge < -0.3 is 15.2 Å². The highest BCUT2D eigenvalue weighted by Gasteiger charge is 2.29. The standard InChI is InChI=1S/C11H18N2O5/c1-11(4-6-18-7-5-11)13-10(17)12-8(14)2-3-9(15)16/h2-7H2,1H3,(H,15,16)(H2,12,13,14,17). The van der Waals surface area contributed by atoms with Crippen LogP contribution in [-0.2, 0) is 14.3 Å². The fourth-order valence-corrected chi connectivity index (χ4v) is 1.66. The van der Waals surface area contributed by atoms with Crippen LogP contribution in [0.2, 0.25) is 0 Å². The first-order valence-corrected chi connectivity index (χ1v) is 5.83. The SMILES string of the molecule is CC1(NC(=O)NC(=O)CCC(=O)O)CCOCC1. The molecule has 1 rings (SSSR count). The largest absolute Gasteiger partial charge is 0.481 e. The van der Waals surface area contributed by atoms with Crippen molar-refractivity contribution in [1.29, 1.82) is 0 Å². The van der Waals surface area contributed by atoms with E-state index in [1.807, 2.05) is 6.92 Å². The van der Waals surface area contributed by atoms with Crippen LogP contribution >= 0.6 is 0 Å². The quantitative estimate of drug-likeness (QED) is 0.670. The van der Waals surface area contributed by atoms with Crippen molar-refractivity contribution < 1.29 is 24.2 Å². The average Bonchev–Trinajstić information content (AvgIpc) is 2.26. The summed E-state index contributed by atoms with van der Waals surface area (Å²) in [5.74, 6) is -1.66. The minimum absolute atomic E-state index is 0.206. The van der Waals surface area contributed by atoms with Crippen LogP contribution in [0.4, 0.5) is 4.79 Å². The summed E-state index contributed by atoms with van der Waals surface area (Å²) in [6.07, 6.45) is 0.875. The fraction of sp³-hybridized carbons (Fsp3) is 0.727. The molecule has 0 bridgehead atoms. The monoisotopic (exact) mass is 258 g/mol. The Hall–Kier alpha value is -1.63. The molecule has 1 fully saturated rings. The number of carboxylic acids is 1. The molecule has 1 aliphatic rings. The maximum absolute atomic E-state index is 11.5. The Morgan fingerprint density at radius 3 is 2.39 bits per heavy atom. The van der Waals surface area contributed by atoms with Gasteiger partial charge in [-0.15, -0.1) is 0 Å². The fourth-order valence-electron chi connectivity index (χ4n) is 1.66. The van der Waals surface area contributed by atoms with Crippen LogP contribution in [0.25, 0.3) is 0 Å². The van der Waals surface area contributed by atoms with E-state index in [0.717, 1.165) is 0 Å². The molecule has 0 unspecified atom stereocenters. The summed E-state index contributed by atoms with van der Waals surface area (Å²) >= 11 is 0. The minimum Gasteiger partial charge on any atom is -0.481 e. The summed E-state index contributed by atoms with van der Waals surface area (Å²) in [4.78, 5) is 33.0. The number of hydrogen-bond donors (Lipinski definition) is 3. The van der Waals surface area contributed by atoms with Crippen molar-refractivity contribution in [2.24, 2.45) is 0 Å². The van der Waals surface area contributed by atoms with E-state index in [2.05, 4.69) is 10.6 Å². The molecule has 0 aliphatic carbocycles. The number of ether oxygens (including phenoxy) is 1. The third kappa shape index (κ3) is 5.13. The molecule has 0 spiro atoms. The van der Waals surface area contributed by atoms with Gasteiger partial charge in [0.15, 0.2) is 0 Å². The third-order valence-corrected chi connectivity index (χ3v) is 2.83. The lowest BCUT2D eigenvalue weighted by Gasteiger charge is -2.34. The van der Waals surface area contributed by atoms with Crippen molar-refractivity contribution in [1.82, 2.24) is 10.6 Å². The van der Waals surface area contributed by atoms with E-state index in [0.29, 0.717) is 26.1 Å². The molecule has 1 aliphatic heterocycles. The van der Waals surface area contributed by atoms with Crippen molar-refractivity contribution in [3.8, 4) is 0 Å². The number of urea groups is 1. The lowest BCUT2D eigenvalue weighted by atomic mass is 9.93. The number of carbonyl (C=O) groups is 3. The van der Waals surface area contributed by atoms with Crippen LogP contribution in [0.15, 0.2) is 0 Å². The van der Waals surface area contributed by atoms with E-state index in [9.17, 15) is 14.4 Å². The molecular formula is C11H18N2O5. The van der Waals surface area contributed by atoms with E-state index in [4.69, 9.17) is 9.84 Å². The van der Waals surface area contributed by atoms with Crippen molar-refractivity contribution in [2.45, 2.75) is 38.1 Å². The van der Waals surface area contributed by atoms with Gasteiger partial charge in [0.2, 0.25) is 5.91 Å². The number of amides is 3. The summed E-state index contributed by atoms with van der Waals surface area (Å²) in [6.45, 7) is 3.03. The summed E-state index contributed by atoms with van der Waals surface area (Å²) in [5.41, 5.74) is -0.380. The number of carboxylic acid groups (broad SMARTS) is 1. The molecule has 18 heavy (non-hydrogen) atoms. The molecule has 0 aromatic heterocycles. The van der Waals surface area contributed by atoms with Crippen molar-refractivity contribution >= 4 is 17.9 Å². The van der Waals surface area contributed by atoms with E-state index in [1.165, 1.54) is 0 Å². The lowest BCUT2D eigenvalue weighted by molar-refractivity contribution is -0.138. The van der Waals surface area contributed by atoms with E-state index in [1.54, 1.807) is 0 Å². The maximum atomic E-state index is 11.5. The highest BCUT2D eigenvalue weighted by Crippen LogP contribution is 2.19. The van der Waals surface area contributed by atoms with Gasteiger partial charge in [-0.1, -0.05) is 0 Å². The van der Waals surface area contributed by atoms with E-state index < -0.39 is 17.9 Å². The zero-order valence-electron chi connectivity index (χ0n) is 10.3. The van der Waals surface area contributed by atoms with Gasteiger partial charge in [-0.3, -0.25) is 14.9 Å². The van der Waals surface area contributed by atoms with Crippen LogP contribution in [0.1, 0.15) is 32.6 Å². The summed E-state index contributed by atoms with van der Waals surface area (Å²) in [6, 6.07) is -0.588. The predicted molar refractivity (Wildman–Crippen MR) is 62.0 cm³/mol. The Balaban J connectivity index is 2.32. The number of hydrogen-bond acceptors (Lipinski definition) is 4. The molecule has 0 aromatic rings. The molecule has 0 aromatic carbocycles. The van der Waals surface area contributed by atoms with E-state index >= 15 is 0 Å². The molecule has 0 radical (unpaired) electrons. The molecular weight excluding hydrogens is 240 g/mol. The molecule has 7 heteroatoms. The van der Waals surface area contributed by atoms with Gasteiger partial charge in [0, 0.05) is 25.2 Å². The minimum atomic E-state index is -1.07. The Bertz CT molecular complexity index is 336. The second-order valence-electron chi connectivity index (χ2n) is 4.57. The van der Waals surface area contributed by atoms with Gasteiger partial charge >= 0.3 is 12.0 Å². The van der Waals surface area contributed by atoms with Gasteiger partial charge in [-0.05, 0) is 19.8 Å². The highest BCUT2D eigenvalue weighted by atomic mass is 16.5. The topological polar surface area (TPSA) is 105 Å². The summed E-state index contributed by atoms with van der Waals surface area (Å²) in [7, 11) is 0. The molecule has 3 N–H and O–H groups in total. The Kier molecular flexibility index (Phi) is 5.08. The number of nitrogens with one attached hydrogen (secondary N) is 2. The zero-order chi connectivity index (χ0) is 13.6. The Morgan fingerprint density at radius 2 is 1.83 bits per heavy atom. The summed E-state index contributed by atoms with van der Waals surface area (Å²) < 4.78 is 5.19. The van der Waals surface area contributed by atoms with Crippen molar-refractivity contribution in [3.63, 3.8) is 0 Å². The average molecular weight is 258 g/mol. The second kappa shape index (κ2) is 6.34. The Morgan fingerprint density at radius 1 is 1.22 bits per heavy atom. The predicted octanol–water partition coefficient (Wildman–Crippen LogP) is 0.246. The van der Waals surface area contributed by atoms with Crippen LogP contribution < -0.4 is 10.6 Å². The van der Waals surface area contributed by atoms with Gasteiger partial charge in [0.1, 0.15) is 0 Å². The number of imide groups is 1. The van der Waals surface area contributed by atoms with Crippen molar-refractivity contribution in [2.75, 3.05) is 13.2 Å². The first-order chi connectivity index (χ1) is 8.41. The summed E-state index contributed by atoms with van der Waals surface area (Å²) in [5, 5.41) is 13.2. The van der Waals surface area contributed by atoms with Gasteiger partial charge in [0.25, 0.3) is 0 Å². The molecule has 3 amide bonds. The number of aliphatic carboxylic acids is 1. The van der Waals surface area contributed by atoms with E-state index in [-0.39, 0.29) is 18.4 Å². The lowest BCUT2D eigenvalue weighted by Crippen LogP contribution is -2.53. The van der Waals surface area contributed by atoms with Gasteiger partial charge in [0.05, 0.1) is 6.42 Å². The first-order valence-electron chi connectivity index (χ1n) is 5.83. The zero-order valence-corrected chi connectivity index (χ0v) is 10.3. The maximum Gasteiger partial charge on any atom is 0.321 e. The van der Waals surface area contributed by atoms with Gasteiger partial charge in [-0.2, -0.15) is 0 Å². The van der Waals surface area contributed by atoms with Gasteiger partial charge in [-0.25, -0.2) is 4.79 Å². The normalized spacial score (nSPS) is 17.8. The number of rotatable bonds is 4. The second-order valence-corrected chi connectivity index (χ2v) is 4.57. The molecule has 0 atom stereocenters. The first kappa shape index (κ1) is 14.4. The third-order valence-electron chi connectivity index (χ3n) is 2.83. The van der Waals surface area contributed by atoms with Crippen LogP contribution in [0, 0.1) is 0 Å². The Labute approximate surface area is 105 Å². The van der Waals surface area contributed by atoms with Crippen LogP contribution in [-0.4, -0.2) is 41.8 Å². The van der Waals surface area contributed by atoms with Crippen molar-refractivity contribution in [3.05, 3.63) is 0 Å². The molecule has 1 saturated heterocycles. The molecule has 0 saturated carbocycles. The smallest absolute Gasteiger partial charge is 0.321 e. The number of carbonyl (C=O) groups excluding carboxylic acids is 2. The highest BCUT2D eigenvalue weighted by molar-refractivity contribution is 5.95. The molecule has 102 valence electrons. The van der Waals surface area contributed by atoms with Crippen LogP contribution in [0.3, 0.4) is 0 Å². The van der Waals surface area contributed by atoms with Crippen LogP contribution in [0.5, 0.6) is 0 Å². The molecule has 7 nitrogen and oxygen atoms in total.